The van der Waals surface area contributed by atoms with Gasteiger partial charge in [0, 0.05) is 0 Å². The van der Waals surface area contributed by atoms with Crippen molar-refractivity contribution < 1.29 is 9.53 Å². The van der Waals surface area contributed by atoms with Gasteiger partial charge in [0.05, 0.1) is 5.41 Å². The summed E-state index contributed by atoms with van der Waals surface area (Å²) >= 11 is 0. The van der Waals surface area contributed by atoms with E-state index in [-0.39, 0.29) is 11.4 Å². The monoisotopic (exact) mass is 228 g/mol. The predicted molar refractivity (Wildman–Crippen MR) is 64.1 cm³/mol. The van der Waals surface area contributed by atoms with Crippen LogP contribution in [-0.2, 0) is 9.53 Å². The Kier molecular flexibility index (Phi) is 4.33. The standard InChI is InChI=1S/C12H24N2O2/c1-11(2,3)16-10(15)12(4-7-13)5-8-14-9-6-12/h14H,4-9,13H2,1-3H3. The van der Waals surface area contributed by atoms with Gasteiger partial charge < -0.3 is 15.8 Å². The molecule has 0 unspecified atom stereocenters. The zero-order valence-corrected chi connectivity index (χ0v) is 10.6. The van der Waals surface area contributed by atoms with Crippen LogP contribution in [0.25, 0.3) is 0 Å². The van der Waals surface area contributed by atoms with Crippen molar-refractivity contribution in [1.82, 2.24) is 5.32 Å². The lowest BCUT2D eigenvalue weighted by Gasteiger charge is -2.37. The molecule has 4 heteroatoms. The highest BCUT2D eigenvalue weighted by Gasteiger charge is 2.41. The molecule has 1 fully saturated rings. The summed E-state index contributed by atoms with van der Waals surface area (Å²) in [5.41, 5.74) is 4.85. The molecule has 1 aliphatic rings. The molecule has 0 radical (unpaired) electrons. The SMILES string of the molecule is CC(C)(C)OC(=O)C1(CCN)CCNCC1. The molecule has 0 aliphatic carbocycles. The first-order chi connectivity index (χ1) is 7.40. The average molecular weight is 228 g/mol. The first kappa shape index (κ1) is 13.5. The molecule has 0 spiro atoms. The first-order valence-corrected chi connectivity index (χ1v) is 6.04. The Morgan fingerprint density at radius 3 is 2.38 bits per heavy atom. The summed E-state index contributed by atoms with van der Waals surface area (Å²) in [6.07, 6.45) is 2.39. The van der Waals surface area contributed by atoms with E-state index in [1.165, 1.54) is 0 Å². The molecule has 0 atom stereocenters. The molecule has 0 aromatic heterocycles. The highest BCUT2D eigenvalue weighted by atomic mass is 16.6. The second-order valence-corrected chi connectivity index (χ2v) is 5.57. The van der Waals surface area contributed by atoms with Gasteiger partial charge in [-0.05, 0) is 59.7 Å². The Balaban J connectivity index is 2.72. The molecular formula is C12H24N2O2. The molecule has 1 heterocycles. The largest absolute Gasteiger partial charge is 0.460 e. The third-order valence-corrected chi connectivity index (χ3v) is 3.02. The lowest BCUT2D eigenvalue weighted by molar-refractivity contribution is -0.170. The van der Waals surface area contributed by atoms with E-state index in [1.807, 2.05) is 20.8 Å². The number of hydrogen-bond acceptors (Lipinski definition) is 4. The van der Waals surface area contributed by atoms with E-state index in [0.29, 0.717) is 6.54 Å². The predicted octanol–water partition coefficient (Wildman–Crippen LogP) is 1.05. The van der Waals surface area contributed by atoms with Crippen molar-refractivity contribution in [2.45, 2.75) is 45.6 Å². The average Bonchev–Trinajstić information content (AvgIpc) is 2.17. The van der Waals surface area contributed by atoms with E-state index in [0.717, 1.165) is 32.4 Å². The Bertz CT molecular complexity index is 234. The molecule has 1 aliphatic heterocycles. The third-order valence-electron chi connectivity index (χ3n) is 3.02. The van der Waals surface area contributed by atoms with Crippen LogP contribution in [0.15, 0.2) is 0 Å². The van der Waals surface area contributed by atoms with Gasteiger partial charge in [-0.3, -0.25) is 4.79 Å². The summed E-state index contributed by atoms with van der Waals surface area (Å²) in [6.45, 7) is 8.00. The quantitative estimate of drug-likeness (QED) is 0.709. The van der Waals surface area contributed by atoms with Gasteiger partial charge in [-0.15, -0.1) is 0 Å². The van der Waals surface area contributed by atoms with E-state index < -0.39 is 5.60 Å². The number of carbonyl (C=O) groups is 1. The van der Waals surface area contributed by atoms with Crippen LogP contribution in [0.2, 0.25) is 0 Å². The van der Waals surface area contributed by atoms with E-state index in [2.05, 4.69) is 5.32 Å². The van der Waals surface area contributed by atoms with Crippen LogP contribution in [0, 0.1) is 5.41 Å². The zero-order chi connectivity index (χ0) is 12.2. The summed E-state index contributed by atoms with van der Waals surface area (Å²) in [5, 5.41) is 3.27. The van der Waals surface area contributed by atoms with Gasteiger partial charge in [-0.25, -0.2) is 0 Å². The molecule has 0 aromatic carbocycles. The summed E-state index contributed by atoms with van der Waals surface area (Å²) < 4.78 is 5.51. The molecule has 0 aromatic rings. The number of piperidine rings is 1. The number of nitrogens with two attached hydrogens (primary N) is 1. The van der Waals surface area contributed by atoms with E-state index in [4.69, 9.17) is 10.5 Å². The molecular weight excluding hydrogens is 204 g/mol. The summed E-state index contributed by atoms with van der Waals surface area (Å²) in [4.78, 5) is 12.2. The molecule has 0 bridgehead atoms. The number of hydrogen-bond donors (Lipinski definition) is 2. The van der Waals surface area contributed by atoms with Crippen LogP contribution in [0.4, 0.5) is 0 Å². The third kappa shape index (κ3) is 3.46. The van der Waals surface area contributed by atoms with Crippen LogP contribution in [-0.4, -0.2) is 31.2 Å². The number of esters is 1. The number of ether oxygens (including phenoxy) is 1. The van der Waals surface area contributed by atoms with Crippen molar-refractivity contribution in [1.29, 1.82) is 0 Å². The number of carbonyl (C=O) groups excluding carboxylic acids is 1. The van der Waals surface area contributed by atoms with Crippen molar-refractivity contribution >= 4 is 5.97 Å². The minimum atomic E-state index is -0.413. The van der Waals surface area contributed by atoms with E-state index >= 15 is 0 Å². The molecule has 94 valence electrons. The van der Waals surface area contributed by atoms with Gasteiger partial charge >= 0.3 is 5.97 Å². The smallest absolute Gasteiger partial charge is 0.312 e. The molecule has 0 amide bonds. The van der Waals surface area contributed by atoms with Crippen LogP contribution >= 0.6 is 0 Å². The summed E-state index contributed by atoms with van der Waals surface area (Å²) in [6, 6.07) is 0. The van der Waals surface area contributed by atoms with E-state index in [1.54, 1.807) is 0 Å². The maximum atomic E-state index is 12.2. The van der Waals surface area contributed by atoms with Gasteiger partial charge in [0.15, 0.2) is 0 Å². The molecule has 3 N–H and O–H groups in total. The lowest BCUT2D eigenvalue weighted by Crippen LogP contribution is -2.46. The van der Waals surface area contributed by atoms with Gasteiger partial charge in [0.1, 0.15) is 5.60 Å². The van der Waals surface area contributed by atoms with Gasteiger partial charge in [0.25, 0.3) is 0 Å². The molecule has 1 saturated heterocycles. The van der Waals surface area contributed by atoms with Crippen LogP contribution in [0.1, 0.15) is 40.0 Å². The minimum absolute atomic E-state index is 0.0769. The summed E-state index contributed by atoms with van der Waals surface area (Å²) in [7, 11) is 0. The molecule has 16 heavy (non-hydrogen) atoms. The van der Waals surface area contributed by atoms with Crippen molar-refractivity contribution in [3.05, 3.63) is 0 Å². The highest BCUT2D eigenvalue weighted by Crippen LogP contribution is 2.35. The second-order valence-electron chi connectivity index (χ2n) is 5.57. The van der Waals surface area contributed by atoms with Crippen molar-refractivity contribution in [3.63, 3.8) is 0 Å². The second kappa shape index (κ2) is 5.15. The van der Waals surface area contributed by atoms with Crippen molar-refractivity contribution in [3.8, 4) is 0 Å². The Hall–Kier alpha value is -0.610. The van der Waals surface area contributed by atoms with Gasteiger partial charge in [0.2, 0.25) is 0 Å². The minimum Gasteiger partial charge on any atom is -0.460 e. The molecule has 4 nitrogen and oxygen atoms in total. The fourth-order valence-corrected chi connectivity index (χ4v) is 2.12. The van der Waals surface area contributed by atoms with Crippen molar-refractivity contribution in [2.75, 3.05) is 19.6 Å². The van der Waals surface area contributed by atoms with E-state index in [9.17, 15) is 4.79 Å². The Morgan fingerprint density at radius 2 is 1.94 bits per heavy atom. The topological polar surface area (TPSA) is 64.3 Å². The lowest BCUT2D eigenvalue weighted by atomic mass is 9.76. The van der Waals surface area contributed by atoms with Crippen molar-refractivity contribution in [2.24, 2.45) is 11.1 Å². The molecule has 1 rings (SSSR count). The Labute approximate surface area is 97.9 Å². The van der Waals surface area contributed by atoms with Gasteiger partial charge in [-0.1, -0.05) is 0 Å². The van der Waals surface area contributed by atoms with Crippen LogP contribution in [0.3, 0.4) is 0 Å². The fraction of sp³-hybridized carbons (Fsp3) is 0.917. The van der Waals surface area contributed by atoms with Crippen LogP contribution in [0.5, 0.6) is 0 Å². The van der Waals surface area contributed by atoms with Crippen LogP contribution < -0.4 is 11.1 Å². The Morgan fingerprint density at radius 1 is 1.38 bits per heavy atom. The highest BCUT2D eigenvalue weighted by molar-refractivity contribution is 5.77. The summed E-state index contributed by atoms with van der Waals surface area (Å²) in [5.74, 6) is -0.0769. The number of nitrogens with one attached hydrogen (secondary N) is 1. The maximum Gasteiger partial charge on any atom is 0.312 e. The molecule has 0 saturated carbocycles. The number of rotatable bonds is 3. The zero-order valence-electron chi connectivity index (χ0n) is 10.6. The van der Waals surface area contributed by atoms with Gasteiger partial charge in [-0.2, -0.15) is 0 Å². The normalized spacial score (nSPS) is 20.5. The fourth-order valence-electron chi connectivity index (χ4n) is 2.12. The maximum absolute atomic E-state index is 12.2. The first-order valence-electron chi connectivity index (χ1n) is 6.04.